The molecule has 0 atom stereocenters. The van der Waals surface area contributed by atoms with Crippen LogP contribution in [0.3, 0.4) is 0 Å². The third-order valence-corrected chi connectivity index (χ3v) is 3.91. The van der Waals surface area contributed by atoms with Crippen molar-refractivity contribution in [1.29, 1.82) is 0 Å². The van der Waals surface area contributed by atoms with Gasteiger partial charge >= 0.3 is 0 Å². The van der Waals surface area contributed by atoms with Gasteiger partial charge in [-0.05, 0) is 47.9 Å². The minimum absolute atomic E-state index is 0.260. The predicted octanol–water partition coefficient (Wildman–Crippen LogP) is 3.12. The van der Waals surface area contributed by atoms with E-state index >= 15 is 0 Å². The Morgan fingerprint density at radius 1 is 1.15 bits per heavy atom. The first-order valence-electron chi connectivity index (χ1n) is 8.43. The molecule has 142 valence electrons. The smallest absolute Gasteiger partial charge is 0.244 e. The Balaban J connectivity index is 1.58. The molecule has 2 aromatic carbocycles. The molecule has 2 aromatic rings. The molecule has 0 fully saturated rings. The zero-order valence-electron chi connectivity index (χ0n) is 14.8. The second kappa shape index (κ2) is 8.53. The third-order valence-electron chi connectivity index (χ3n) is 3.91. The molecule has 7 heteroatoms. The van der Waals surface area contributed by atoms with E-state index in [0.29, 0.717) is 42.4 Å². The molecule has 1 N–H and O–H groups in total. The molecular weight excluding hydrogens is 356 g/mol. The van der Waals surface area contributed by atoms with Crippen LogP contribution in [0.1, 0.15) is 11.1 Å². The zero-order chi connectivity index (χ0) is 19.2. The molecule has 1 aliphatic rings. The minimum atomic E-state index is -0.635. The number of hydrogen-bond donors (Lipinski definition) is 1. The summed E-state index contributed by atoms with van der Waals surface area (Å²) in [6.45, 7) is 1.16. The fraction of sp³-hybridized carbons (Fsp3) is 0.250. The molecule has 3 rings (SSSR count). The molecule has 1 aliphatic heterocycles. The maximum atomic E-state index is 13.1. The highest BCUT2D eigenvalue weighted by atomic mass is 19.1. The number of ether oxygens (including phenoxy) is 3. The highest BCUT2D eigenvalue weighted by Gasteiger charge is 2.17. The number of amides is 1. The summed E-state index contributed by atoms with van der Waals surface area (Å²) in [5.74, 6) is 0.0511. The number of fused-ring (bicyclic) bond motifs is 1. The Labute approximate surface area is 155 Å². The molecule has 0 spiro atoms. The highest BCUT2D eigenvalue weighted by Crippen LogP contribution is 2.40. The molecule has 0 saturated carbocycles. The van der Waals surface area contributed by atoms with Crippen LogP contribution in [0.25, 0.3) is 6.08 Å². The van der Waals surface area contributed by atoms with Crippen LogP contribution < -0.4 is 19.5 Å². The summed E-state index contributed by atoms with van der Waals surface area (Å²) < 4.78 is 42.6. The summed E-state index contributed by atoms with van der Waals surface area (Å²) in [5.41, 5.74) is 1.20. The van der Waals surface area contributed by atoms with Crippen molar-refractivity contribution in [3.63, 3.8) is 0 Å². The van der Waals surface area contributed by atoms with E-state index in [4.69, 9.17) is 14.2 Å². The van der Waals surface area contributed by atoms with Crippen LogP contribution in [0.5, 0.6) is 17.2 Å². The molecule has 0 bridgehead atoms. The third kappa shape index (κ3) is 4.97. The van der Waals surface area contributed by atoms with Crippen molar-refractivity contribution >= 4 is 12.0 Å². The molecule has 1 heterocycles. The van der Waals surface area contributed by atoms with Gasteiger partial charge in [-0.2, -0.15) is 0 Å². The second-order valence-corrected chi connectivity index (χ2v) is 5.90. The maximum absolute atomic E-state index is 13.1. The second-order valence-electron chi connectivity index (χ2n) is 5.90. The van der Waals surface area contributed by atoms with E-state index in [9.17, 15) is 13.6 Å². The highest BCUT2D eigenvalue weighted by molar-refractivity contribution is 5.91. The lowest BCUT2D eigenvalue weighted by Gasteiger charge is -2.20. The van der Waals surface area contributed by atoms with Gasteiger partial charge in [0, 0.05) is 18.7 Å². The first-order chi connectivity index (χ1) is 13.0. The topological polar surface area (TPSA) is 56.8 Å². The van der Waals surface area contributed by atoms with Crippen LogP contribution in [0.4, 0.5) is 8.78 Å². The number of carbonyl (C=O) groups excluding carboxylic acids is 1. The Kier molecular flexibility index (Phi) is 5.90. The number of nitrogens with one attached hydrogen (secondary N) is 1. The van der Waals surface area contributed by atoms with Gasteiger partial charge in [0.2, 0.25) is 11.7 Å². The average Bonchev–Trinajstić information content (AvgIpc) is 2.65. The van der Waals surface area contributed by atoms with Crippen LogP contribution in [-0.2, 0) is 11.2 Å². The van der Waals surface area contributed by atoms with Crippen LogP contribution in [0, 0.1) is 11.6 Å². The van der Waals surface area contributed by atoms with E-state index in [0.717, 1.165) is 11.6 Å². The molecule has 5 nitrogen and oxygen atoms in total. The van der Waals surface area contributed by atoms with Gasteiger partial charge in [0.15, 0.2) is 11.5 Å². The van der Waals surface area contributed by atoms with Gasteiger partial charge in [0.25, 0.3) is 0 Å². The normalized spacial score (nSPS) is 12.9. The number of rotatable bonds is 6. The SMILES string of the molecule is COc1cc(/C=C/C(=O)NCCc2cc(F)cc(F)c2)cc2c1OCCO2. The van der Waals surface area contributed by atoms with Gasteiger partial charge in [0.05, 0.1) is 7.11 Å². The molecule has 0 radical (unpaired) electrons. The lowest BCUT2D eigenvalue weighted by Crippen LogP contribution is -2.23. The summed E-state index contributed by atoms with van der Waals surface area (Å²) in [6, 6.07) is 6.80. The molecule has 1 amide bonds. The van der Waals surface area contributed by atoms with Crippen molar-refractivity contribution in [2.75, 3.05) is 26.9 Å². The maximum Gasteiger partial charge on any atom is 0.244 e. The summed E-state index contributed by atoms with van der Waals surface area (Å²) in [4.78, 5) is 12.0. The average molecular weight is 375 g/mol. The van der Waals surface area contributed by atoms with Crippen LogP contribution >= 0.6 is 0 Å². The molecule has 0 aliphatic carbocycles. The molecular formula is C20H19F2NO4. The van der Waals surface area contributed by atoms with E-state index in [1.165, 1.54) is 25.3 Å². The van der Waals surface area contributed by atoms with Crippen LogP contribution in [-0.4, -0.2) is 32.8 Å². The van der Waals surface area contributed by atoms with Crippen LogP contribution in [0.15, 0.2) is 36.4 Å². The largest absolute Gasteiger partial charge is 0.493 e. The summed E-state index contributed by atoms with van der Waals surface area (Å²) in [5, 5.41) is 2.67. The Hall–Kier alpha value is -3.09. The number of carbonyl (C=O) groups is 1. The Morgan fingerprint density at radius 3 is 2.63 bits per heavy atom. The predicted molar refractivity (Wildman–Crippen MR) is 96.1 cm³/mol. The van der Waals surface area contributed by atoms with Crippen molar-refractivity contribution < 1.29 is 27.8 Å². The van der Waals surface area contributed by atoms with E-state index in [-0.39, 0.29) is 12.5 Å². The molecule has 0 unspecified atom stereocenters. The quantitative estimate of drug-likeness (QED) is 0.789. The summed E-state index contributed by atoms with van der Waals surface area (Å²) >= 11 is 0. The van der Waals surface area contributed by atoms with Gasteiger partial charge in [-0.3, -0.25) is 4.79 Å². The van der Waals surface area contributed by atoms with Crippen molar-refractivity contribution in [2.45, 2.75) is 6.42 Å². The van der Waals surface area contributed by atoms with E-state index in [1.807, 2.05) is 0 Å². The van der Waals surface area contributed by atoms with Gasteiger partial charge < -0.3 is 19.5 Å². The first kappa shape index (κ1) is 18.7. The fourth-order valence-electron chi connectivity index (χ4n) is 2.71. The van der Waals surface area contributed by atoms with Crippen molar-refractivity contribution in [3.05, 3.63) is 59.2 Å². The number of methoxy groups -OCH3 is 1. The van der Waals surface area contributed by atoms with Gasteiger partial charge in [-0.25, -0.2) is 8.78 Å². The van der Waals surface area contributed by atoms with E-state index < -0.39 is 11.6 Å². The molecule has 0 aromatic heterocycles. The number of halogens is 2. The number of benzene rings is 2. The monoisotopic (exact) mass is 375 g/mol. The van der Waals surface area contributed by atoms with Crippen LogP contribution in [0.2, 0.25) is 0 Å². The number of hydrogen-bond acceptors (Lipinski definition) is 4. The standard InChI is InChI=1S/C20H19F2NO4/c1-25-17-10-13(11-18-20(17)27-7-6-26-18)2-3-19(24)23-5-4-14-8-15(21)12-16(22)9-14/h2-3,8-12H,4-7H2,1H3,(H,23,24)/b3-2+. The lowest BCUT2D eigenvalue weighted by molar-refractivity contribution is -0.116. The molecule has 27 heavy (non-hydrogen) atoms. The van der Waals surface area contributed by atoms with Crippen molar-refractivity contribution in [1.82, 2.24) is 5.32 Å². The zero-order valence-corrected chi connectivity index (χ0v) is 14.8. The Bertz CT molecular complexity index is 830. The van der Waals surface area contributed by atoms with Gasteiger partial charge in [-0.1, -0.05) is 0 Å². The summed E-state index contributed by atoms with van der Waals surface area (Å²) in [6.07, 6.45) is 3.32. The lowest BCUT2D eigenvalue weighted by atomic mass is 10.1. The fourth-order valence-corrected chi connectivity index (χ4v) is 2.71. The van der Waals surface area contributed by atoms with Gasteiger partial charge in [-0.15, -0.1) is 0 Å². The van der Waals surface area contributed by atoms with Crippen molar-refractivity contribution in [2.24, 2.45) is 0 Å². The van der Waals surface area contributed by atoms with Crippen molar-refractivity contribution in [3.8, 4) is 17.2 Å². The van der Waals surface area contributed by atoms with E-state index in [1.54, 1.807) is 18.2 Å². The van der Waals surface area contributed by atoms with E-state index in [2.05, 4.69) is 5.32 Å². The Morgan fingerprint density at radius 2 is 1.89 bits per heavy atom. The summed E-state index contributed by atoms with van der Waals surface area (Å²) in [7, 11) is 1.53. The minimum Gasteiger partial charge on any atom is -0.493 e. The first-order valence-corrected chi connectivity index (χ1v) is 8.43. The van der Waals surface area contributed by atoms with Gasteiger partial charge in [0.1, 0.15) is 24.8 Å². The molecule has 0 saturated heterocycles.